The number of nitrogens with two attached hydrogens (primary N) is 1. The molecule has 1 saturated heterocycles. The number of hydrogen-bond acceptors (Lipinski definition) is 4. The average Bonchev–Trinajstić information content (AvgIpc) is 2.97. The van der Waals surface area contributed by atoms with Gasteiger partial charge in [0, 0.05) is 49.5 Å². The zero-order valence-electron chi connectivity index (χ0n) is 15.2. The predicted molar refractivity (Wildman–Crippen MR) is 108 cm³/mol. The van der Waals surface area contributed by atoms with E-state index in [0.29, 0.717) is 23.7 Å². The van der Waals surface area contributed by atoms with Gasteiger partial charge >= 0.3 is 0 Å². The molecule has 1 aliphatic rings. The molecule has 0 aliphatic carbocycles. The van der Waals surface area contributed by atoms with E-state index in [4.69, 9.17) is 22.3 Å². The molecule has 2 N–H and O–H groups in total. The van der Waals surface area contributed by atoms with Crippen molar-refractivity contribution in [3.8, 4) is 0 Å². The van der Waals surface area contributed by atoms with Gasteiger partial charge in [0.15, 0.2) is 0 Å². The molecule has 0 saturated carbocycles. The summed E-state index contributed by atoms with van der Waals surface area (Å²) in [4.78, 5) is 21.6. The number of benzene rings is 2. The molecule has 2 aromatic carbocycles. The molecule has 2 heterocycles. The van der Waals surface area contributed by atoms with Gasteiger partial charge in [-0.1, -0.05) is 11.6 Å². The smallest absolute Gasteiger partial charge is 0.253 e. The number of piperazine rings is 1. The second kappa shape index (κ2) is 7.21. The number of aromatic nitrogens is 2. The van der Waals surface area contributed by atoms with E-state index in [-0.39, 0.29) is 5.91 Å². The average molecular weight is 384 g/mol. The van der Waals surface area contributed by atoms with Gasteiger partial charge in [0.1, 0.15) is 5.82 Å². The highest BCUT2D eigenvalue weighted by atomic mass is 35.5. The van der Waals surface area contributed by atoms with E-state index in [1.54, 1.807) is 24.3 Å². The molecular weight excluding hydrogens is 362 g/mol. The van der Waals surface area contributed by atoms with Gasteiger partial charge in [-0.3, -0.25) is 9.69 Å². The number of amides is 1. The van der Waals surface area contributed by atoms with Crippen molar-refractivity contribution in [2.75, 3.05) is 31.9 Å². The van der Waals surface area contributed by atoms with Gasteiger partial charge in [0.05, 0.1) is 17.6 Å². The van der Waals surface area contributed by atoms with Crippen molar-refractivity contribution in [2.24, 2.45) is 7.05 Å². The molecule has 0 spiro atoms. The number of nitrogens with zero attached hydrogens (tertiary/aromatic N) is 4. The number of rotatable bonds is 3. The van der Waals surface area contributed by atoms with Crippen LogP contribution in [0.15, 0.2) is 42.5 Å². The second-order valence-corrected chi connectivity index (χ2v) is 7.35. The summed E-state index contributed by atoms with van der Waals surface area (Å²) < 4.78 is 2.11. The molecule has 0 bridgehead atoms. The highest BCUT2D eigenvalue weighted by Crippen LogP contribution is 2.19. The van der Waals surface area contributed by atoms with Crippen LogP contribution in [0.25, 0.3) is 11.0 Å². The lowest BCUT2D eigenvalue weighted by atomic mass is 10.2. The number of halogens is 1. The van der Waals surface area contributed by atoms with Crippen molar-refractivity contribution in [2.45, 2.75) is 6.54 Å². The minimum absolute atomic E-state index is 0.0597. The molecule has 7 heteroatoms. The number of anilines is 1. The Morgan fingerprint density at radius 3 is 2.52 bits per heavy atom. The first-order chi connectivity index (χ1) is 13.0. The molecule has 1 aromatic heterocycles. The normalized spacial score (nSPS) is 15.4. The molecule has 0 radical (unpaired) electrons. The van der Waals surface area contributed by atoms with Gasteiger partial charge in [-0.25, -0.2) is 4.98 Å². The molecule has 1 amide bonds. The summed E-state index contributed by atoms with van der Waals surface area (Å²) in [6.07, 6.45) is 0. The highest BCUT2D eigenvalue weighted by Gasteiger charge is 2.23. The molecule has 0 unspecified atom stereocenters. The number of aryl methyl sites for hydroxylation is 1. The van der Waals surface area contributed by atoms with Gasteiger partial charge < -0.3 is 15.2 Å². The van der Waals surface area contributed by atoms with Gasteiger partial charge in [-0.15, -0.1) is 0 Å². The monoisotopic (exact) mass is 383 g/mol. The number of hydrogen-bond donors (Lipinski definition) is 1. The van der Waals surface area contributed by atoms with Crippen LogP contribution in [0.5, 0.6) is 0 Å². The van der Waals surface area contributed by atoms with Crippen LogP contribution < -0.4 is 5.73 Å². The largest absolute Gasteiger partial charge is 0.399 e. The van der Waals surface area contributed by atoms with Crippen LogP contribution >= 0.6 is 11.6 Å². The lowest BCUT2D eigenvalue weighted by Gasteiger charge is -2.34. The summed E-state index contributed by atoms with van der Waals surface area (Å²) in [5.41, 5.74) is 9.27. The Bertz CT molecular complexity index is 974. The Morgan fingerprint density at radius 2 is 1.81 bits per heavy atom. The minimum atomic E-state index is 0.0597. The summed E-state index contributed by atoms with van der Waals surface area (Å²) in [6, 6.07) is 12.9. The molecule has 0 atom stereocenters. The lowest BCUT2D eigenvalue weighted by Crippen LogP contribution is -2.48. The second-order valence-electron chi connectivity index (χ2n) is 6.91. The maximum atomic E-state index is 12.6. The van der Waals surface area contributed by atoms with Crippen LogP contribution in [-0.2, 0) is 13.6 Å². The third kappa shape index (κ3) is 3.63. The fourth-order valence-corrected chi connectivity index (χ4v) is 3.62. The van der Waals surface area contributed by atoms with Crippen molar-refractivity contribution in [3.63, 3.8) is 0 Å². The van der Waals surface area contributed by atoms with E-state index < -0.39 is 0 Å². The van der Waals surface area contributed by atoms with Gasteiger partial charge in [-0.2, -0.15) is 0 Å². The Morgan fingerprint density at radius 1 is 1.11 bits per heavy atom. The summed E-state index contributed by atoms with van der Waals surface area (Å²) in [7, 11) is 2.03. The van der Waals surface area contributed by atoms with Crippen molar-refractivity contribution in [1.82, 2.24) is 19.4 Å². The van der Waals surface area contributed by atoms with Crippen LogP contribution in [0.2, 0.25) is 5.02 Å². The zero-order chi connectivity index (χ0) is 19.0. The molecule has 1 aliphatic heterocycles. The van der Waals surface area contributed by atoms with Crippen molar-refractivity contribution in [1.29, 1.82) is 0 Å². The van der Waals surface area contributed by atoms with Crippen molar-refractivity contribution < 1.29 is 4.79 Å². The number of nitrogen functional groups attached to an aromatic ring is 1. The topological polar surface area (TPSA) is 67.4 Å². The standard InChI is InChI=1S/C20H22ClN5O/c1-24-18-7-6-16(22)12-17(18)23-19(24)13-25-8-10-26(11-9-25)20(27)14-2-4-15(21)5-3-14/h2-7,12H,8-11,13,22H2,1H3. The third-order valence-electron chi connectivity index (χ3n) is 5.11. The Labute approximate surface area is 163 Å². The van der Waals surface area contributed by atoms with Gasteiger partial charge in [0.25, 0.3) is 5.91 Å². The van der Waals surface area contributed by atoms with Gasteiger partial charge in [0.2, 0.25) is 0 Å². The fourth-order valence-electron chi connectivity index (χ4n) is 3.49. The van der Waals surface area contributed by atoms with E-state index in [9.17, 15) is 4.79 Å². The zero-order valence-corrected chi connectivity index (χ0v) is 16.0. The van der Waals surface area contributed by atoms with E-state index in [1.807, 2.05) is 30.1 Å². The Balaban J connectivity index is 1.40. The number of carbonyl (C=O) groups is 1. The van der Waals surface area contributed by atoms with Crippen molar-refractivity contribution >= 4 is 34.2 Å². The maximum Gasteiger partial charge on any atom is 0.253 e. The first-order valence-corrected chi connectivity index (χ1v) is 9.37. The van der Waals surface area contributed by atoms with E-state index >= 15 is 0 Å². The van der Waals surface area contributed by atoms with Crippen molar-refractivity contribution in [3.05, 3.63) is 58.9 Å². The van der Waals surface area contributed by atoms with Crippen LogP contribution in [-0.4, -0.2) is 51.4 Å². The fraction of sp³-hybridized carbons (Fsp3) is 0.300. The number of carbonyl (C=O) groups excluding carboxylic acids is 1. The number of fused-ring (bicyclic) bond motifs is 1. The highest BCUT2D eigenvalue weighted by molar-refractivity contribution is 6.30. The SMILES string of the molecule is Cn1c(CN2CCN(C(=O)c3ccc(Cl)cc3)CC2)nc2cc(N)ccc21. The quantitative estimate of drug-likeness (QED) is 0.706. The molecule has 140 valence electrons. The Kier molecular flexibility index (Phi) is 4.76. The summed E-state index contributed by atoms with van der Waals surface area (Å²) >= 11 is 5.90. The third-order valence-corrected chi connectivity index (χ3v) is 5.37. The van der Waals surface area contributed by atoms with Crippen LogP contribution in [0.1, 0.15) is 16.2 Å². The van der Waals surface area contributed by atoms with E-state index in [1.165, 1.54) is 0 Å². The molecule has 6 nitrogen and oxygen atoms in total. The first kappa shape index (κ1) is 17.8. The molecule has 1 fully saturated rings. The van der Waals surface area contributed by atoms with E-state index in [2.05, 4.69) is 9.47 Å². The predicted octanol–water partition coefficient (Wildman–Crippen LogP) is 2.77. The first-order valence-electron chi connectivity index (χ1n) is 8.99. The maximum absolute atomic E-state index is 12.6. The molecule has 3 aromatic rings. The van der Waals surface area contributed by atoms with Crippen LogP contribution in [0, 0.1) is 0 Å². The summed E-state index contributed by atoms with van der Waals surface area (Å²) in [6.45, 7) is 3.82. The van der Waals surface area contributed by atoms with Crippen LogP contribution in [0.3, 0.4) is 0 Å². The molecule has 4 rings (SSSR count). The molecular formula is C20H22ClN5O. The minimum Gasteiger partial charge on any atom is -0.399 e. The number of imidazole rings is 1. The summed E-state index contributed by atoms with van der Waals surface area (Å²) in [5.74, 6) is 1.07. The van der Waals surface area contributed by atoms with Crippen LogP contribution in [0.4, 0.5) is 5.69 Å². The van der Waals surface area contributed by atoms with Gasteiger partial charge in [-0.05, 0) is 42.5 Å². The van der Waals surface area contributed by atoms with E-state index in [0.717, 1.165) is 42.2 Å². The Hall–Kier alpha value is -2.57. The lowest BCUT2D eigenvalue weighted by molar-refractivity contribution is 0.0624. The summed E-state index contributed by atoms with van der Waals surface area (Å²) in [5, 5.41) is 0.639. The molecule has 27 heavy (non-hydrogen) atoms.